The van der Waals surface area contributed by atoms with E-state index in [1.807, 2.05) is 36.4 Å². The van der Waals surface area contributed by atoms with E-state index in [0.29, 0.717) is 12.4 Å². The van der Waals surface area contributed by atoms with E-state index in [4.69, 9.17) is 4.74 Å². The first kappa shape index (κ1) is 16.0. The summed E-state index contributed by atoms with van der Waals surface area (Å²) in [5.74, 6) is 1.35. The molecule has 1 N–H and O–H groups in total. The molecule has 3 aromatic carbocycles. The fraction of sp³-hybridized carbons (Fsp3) is 0.190. The zero-order valence-electron chi connectivity index (χ0n) is 13.8. The third kappa shape index (κ3) is 3.64. The number of hydrogen-bond acceptors (Lipinski definition) is 3. The van der Waals surface area contributed by atoms with Crippen LogP contribution in [0.25, 0.3) is 10.8 Å². The number of nitrogens with one attached hydrogen (secondary N) is 1. The molecule has 0 bridgehead atoms. The SMILES string of the molecule is O=C(CSc1ccc2ccccc2c1)N[C@H]1CCOc2ccccc21. The molecule has 1 heterocycles. The lowest BCUT2D eigenvalue weighted by Crippen LogP contribution is -2.33. The number of fused-ring (bicyclic) bond motifs is 2. The molecule has 3 aromatic rings. The van der Waals surface area contributed by atoms with E-state index in [-0.39, 0.29) is 11.9 Å². The van der Waals surface area contributed by atoms with E-state index < -0.39 is 0 Å². The fourth-order valence-corrected chi connectivity index (χ4v) is 3.89. The maximum Gasteiger partial charge on any atom is 0.230 e. The summed E-state index contributed by atoms with van der Waals surface area (Å²) >= 11 is 1.57. The van der Waals surface area contributed by atoms with Crippen LogP contribution in [0.2, 0.25) is 0 Å². The Labute approximate surface area is 151 Å². The van der Waals surface area contributed by atoms with Gasteiger partial charge in [0.2, 0.25) is 5.91 Å². The predicted molar refractivity (Wildman–Crippen MR) is 102 cm³/mol. The Balaban J connectivity index is 1.39. The second kappa shape index (κ2) is 7.19. The number of carbonyl (C=O) groups excluding carboxylic acids is 1. The van der Waals surface area contributed by atoms with Crippen LogP contribution in [0, 0.1) is 0 Å². The summed E-state index contributed by atoms with van der Waals surface area (Å²) < 4.78 is 5.65. The van der Waals surface area contributed by atoms with Crippen molar-refractivity contribution in [1.82, 2.24) is 5.32 Å². The molecule has 0 saturated heterocycles. The quantitative estimate of drug-likeness (QED) is 0.701. The smallest absolute Gasteiger partial charge is 0.230 e. The minimum absolute atomic E-state index is 0.0367. The van der Waals surface area contributed by atoms with Crippen molar-refractivity contribution < 1.29 is 9.53 Å². The van der Waals surface area contributed by atoms with Crippen molar-refractivity contribution in [2.75, 3.05) is 12.4 Å². The van der Waals surface area contributed by atoms with Crippen molar-refractivity contribution >= 4 is 28.4 Å². The summed E-state index contributed by atoms with van der Waals surface area (Å²) in [5.41, 5.74) is 1.07. The van der Waals surface area contributed by atoms with Crippen molar-refractivity contribution in [2.24, 2.45) is 0 Å². The minimum atomic E-state index is 0.0367. The molecule has 1 aliphatic rings. The molecule has 0 radical (unpaired) electrons. The molecular formula is C21H19NO2S. The number of rotatable bonds is 4. The second-order valence-electron chi connectivity index (χ2n) is 6.09. The lowest BCUT2D eigenvalue weighted by Gasteiger charge is -2.26. The number of thioether (sulfide) groups is 1. The molecule has 0 unspecified atom stereocenters. The Morgan fingerprint density at radius 2 is 1.84 bits per heavy atom. The van der Waals surface area contributed by atoms with E-state index in [0.717, 1.165) is 22.6 Å². The molecule has 4 rings (SSSR count). The molecule has 126 valence electrons. The zero-order valence-corrected chi connectivity index (χ0v) is 14.6. The predicted octanol–water partition coefficient (Wildman–Crippen LogP) is 4.57. The van der Waals surface area contributed by atoms with E-state index in [9.17, 15) is 4.79 Å². The van der Waals surface area contributed by atoms with Crippen molar-refractivity contribution in [1.29, 1.82) is 0 Å². The highest BCUT2D eigenvalue weighted by atomic mass is 32.2. The van der Waals surface area contributed by atoms with Crippen LogP contribution in [0.1, 0.15) is 18.0 Å². The van der Waals surface area contributed by atoms with Crippen molar-refractivity contribution in [3.63, 3.8) is 0 Å². The van der Waals surface area contributed by atoms with Gasteiger partial charge in [-0.1, -0.05) is 48.5 Å². The average Bonchev–Trinajstić information content (AvgIpc) is 2.66. The van der Waals surface area contributed by atoms with Gasteiger partial charge in [0, 0.05) is 16.9 Å². The van der Waals surface area contributed by atoms with Gasteiger partial charge >= 0.3 is 0 Å². The van der Waals surface area contributed by atoms with Gasteiger partial charge < -0.3 is 10.1 Å². The first-order valence-electron chi connectivity index (χ1n) is 8.42. The second-order valence-corrected chi connectivity index (χ2v) is 7.14. The summed E-state index contributed by atoms with van der Waals surface area (Å²) in [4.78, 5) is 13.5. The van der Waals surface area contributed by atoms with Gasteiger partial charge in [-0.15, -0.1) is 11.8 Å². The standard InChI is InChI=1S/C21H19NO2S/c23-21(22-19-11-12-24-20-8-4-3-7-18(19)20)14-25-17-10-9-15-5-1-2-6-16(15)13-17/h1-10,13,19H,11-12,14H2,(H,22,23)/t19-/m0/s1. The molecule has 0 aromatic heterocycles. The average molecular weight is 349 g/mol. The van der Waals surface area contributed by atoms with Crippen LogP contribution < -0.4 is 10.1 Å². The van der Waals surface area contributed by atoms with E-state index >= 15 is 0 Å². The van der Waals surface area contributed by atoms with E-state index in [1.165, 1.54) is 10.8 Å². The molecular weight excluding hydrogens is 330 g/mol. The van der Waals surface area contributed by atoms with Gasteiger partial charge in [0.15, 0.2) is 0 Å². The van der Waals surface area contributed by atoms with Gasteiger partial charge in [-0.05, 0) is 29.0 Å². The molecule has 0 aliphatic carbocycles. The van der Waals surface area contributed by atoms with Crippen LogP contribution >= 0.6 is 11.8 Å². The number of hydrogen-bond donors (Lipinski definition) is 1. The van der Waals surface area contributed by atoms with Crippen LogP contribution in [-0.4, -0.2) is 18.3 Å². The highest BCUT2D eigenvalue weighted by Gasteiger charge is 2.22. The number of amides is 1. The third-order valence-corrected chi connectivity index (χ3v) is 5.38. The molecule has 0 saturated carbocycles. The molecule has 4 heteroatoms. The maximum absolute atomic E-state index is 12.4. The van der Waals surface area contributed by atoms with Crippen LogP contribution in [0.5, 0.6) is 5.75 Å². The Morgan fingerprint density at radius 3 is 2.76 bits per heavy atom. The minimum Gasteiger partial charge on any atom is -0.493 e. The van der Waals surface area contributed by atoms with Crippen LogP contribution in [0.4, 0.5) is 0 Å². The molecule has 3 nitrogen and oxygen atoms in total. The number of para-hydroxylation sites is 1. The third-order valence-electron chi connectivity index (χ3n) is 4.38. The fourth-order valence-electron chi connectivity index (χ4n) is 3.13. The molecule has 25 heavy (non-hydrogen) atoms. The lowest BCUT2D eigenvalue weighted by molar-refractivity contribution is -0.119. The van der Waals surface area contributed by atoms with Gasteiger partial charge in [-0.3, -0.25) is 4.79 Å². The van der Waals surface area contributed by atoms with Crippen molar-refractivity contribution in [3.05, 3.63) is 72.3 Å². The Kier molecular flexibility index (Phi) is 4.61. The van der Waals surface area contributed by atoms with Crippen LogP contribution in [0.3, 0.4) is 0 Å². The highest BCUT2D eigenvalue weighted by molar-refractivity contribution is 8.00. The number of carbonyl (C=O) groups is 1. The molecule has 1 aliphatic heterocycles. The molecule has 0 spiro atoms. The van der Waals surface area contributed by atoms with Crippen LogP contribution in [0.15, 0.2) is 71.6 Å². The monoisotopic (exact) mass is 349 g/mol. The topological polar surface area (TPSA) is 38.3 Å². The summed E-state index contributed by atoms with van der Waals surface area (Å²) in [5, 5.41) is 5.56. The van der Waals surface area contributed by atoms with Crippen LogP contribution in [-0.2, 0) is 4.79 Å². The van der Waals surface area contributed by atoms with Gasteiger partial charge in [0.25, 0.3) is 0 Å². The summed E-state index contributed by atoms with van der Waals surface area (Å²) in [6.07, 6.45) is 0.809. The molecule has 0 fully saturated rings. The summed E-state index contributed by atoms with van der Waals surface area (Å²) in [7, 11) is 0. The summed E-state index contributed by atoms with van der Waals surface area (Å²) in [6, 6.07) is 22.5. The highest BCUT2D eigenvalue weighted by Crippen LogP contribution is 2.31. The van der Waals surface area contributed by atoms with Gasteiger partial charge in [0.1, 0.15) is 5.75 Å². The number of benzene rings is 3. The maximum atomic E-state index is 12.4. The van der Waals surface area contributed by atoms with Gasteiger partial charge in [-0.2, -0.15) is 0 Å². The first-order valence-corrected chi connectivity index (χ1v) is 9.41. The van der Waals surface area contributed by atoms with Gasteiger partial charge in [-0.25, -0.2) is 0 Å². The van der Waals surface area contributed by atoms with Gasteiger partial charge in [0.05, 0.1) is 18.4 Å². The summed E-state index contributed by atoms with van der Waals surface area (Å²) in [6.45, 7) is 0.639. The number of ether oxygens (including phenoxy) is 1. The Hall–Kier alpha value is -2.46. The Morgan fingerprint density at radius 1 is 1.04 bits per heavy atom. The van der Waals surface area contributed by atoms with Crippen molar-refractivity contribution in [3.8, 4) is 5.75 Å². The van der Waals surface area contributed by atoms with Crippen molar-refractivity contribution in [2.45, 2.75) is 17.4 Å². The molecule has 1 amide bonds. The van der Waals surface area contributed by atoms with E-state index in [1.54, 1.807) is 11.8 Å². The normalized spacial score (nSPS) is 16.1. The van der Waals surface area contributed by atoms with E-state index in [2.05, 4.69) is 35.6 Å². The largest absolute Gasteiger partial charge is 0.493 e. The molecule has 1 atom stereocenters. The lowest BCUT2D eigenvalue weighted by atomic mass is 10.0. The first-order chi connectivity index (χ1) is 12.3. The Bertz CT molecular complexity index is 909. The zero-order chi connectivity index (χ0) is 17.1.